The minimum absolute atomic E-state index is 0.900. The Hall–Kier alpha value is -0.340. The van der Waals surface area contributed by atoms with Crippen LogP contribution in [0.3, 0.4) is 0 Å². The zero-order valence-electron chi connectivity index (χ0n) is 11.0. The Morgan fingerprint density at radius 2 is 2.24 bits per heavy atom. The highest BCUT2D eigenvalue weighted by Gasteiger charge is 2.24. The zero-order chi connectivity index (χ0) is 11.9. The van der Waals surface area contributed by atoms with E-state index < -0.39 is 0 Å². The average molecular weight is 251 g/mol. The van der Waals surface area contributed by atoms with Crippen LogP contribution < -0.4 is 5.32 Å². The molecule has 2 heteroatoms. The predicted octanol–water partition coefficient (Wildman–Crippen LogP) is 4.10. The molecule has 1 atom stereocenters. The first-order valence-corrected chi connectivity index (χ1v) is 8.06. The van der Waals surface area contributed by atoms with Crippen molar-refractivity contribution >= 4 is 11.3 Å². The largest absolute Gasteiger partial charge is 0.317 e. The molecule has 1 nitrogen and oxygen atoms in total. The summed E-state index contributed by atoms with van der Waals surface area (Å²) in [5.41, 5.74) is 1.54. The number of nitrogens with one attached hydrogen (secondary N) is 1. The maximum absolute atomic E-state index is 3.56. The Morgan fingerprint density at radius 1 is 1.41 bits per heavy atom. The molecule has 0 saturated heterocycles. The van der Waals surface area contributed by atoms with Crippen LogP contribution in [0.15, 0.2) is 16.8 Å². The normalized spacial score (nSPS) is 18.6. The van der Waals surface area contributed by atoms with Gasteiger partial charge in [-0.25, -0.2) is 0 Å². The van der Waals surface area contributed by atoms with Crippen molar-refractivity contribution in [1.82, 2.24) is 5.32 Å². The topological polar surface area (TPSA) is 12.0 Å². The summed E-state index contributed by atoms with van der Waals surface area (Å²) in [6, 6.07) is 2.28. The van der Waals surface area contributed by atoms with E-state index in [1.807, 2.05) is 11.3 Å². The highest BCUT2D eigenvalue weighted by molar-refractivity contribution is 7.07. The number of thiophene rings is 1. The Bertz CT molecular complexity index is 288. The van der Waals surface area contributed by atoms with Crippen molar-refractivity contribution in [3.05, 3.63) is 22.4 Å². The van der Waals surface area contributed by atoms with E-state index in [-0.39, 0.29) is 0 Å². The highest BCUT2D eigenvalue weighted by atomic mass is 32.1. The number of hydrogen-bond acceptors (Lipinski definition) is 2. The van der Waals surface area contributed by atoms with Crippen LogP contribution in [0.4, 0.5) is 0 Å². The predicted molar refractivity (Wildman–Crippen MR) is 76.6 cm³/mol. The molecule has 0 spiro atoms. The van der Waals surface area contributed by atoms with Gasteiger partial charge >= 0.3 is 0 Å². The Labute approximate surface area is 110 Å². The van der Waals surface area contributed by atoms with Crippen LogP contribution in [0.1, 0.15) is 44.6 Å². The summed E-state index contributed by atoms with van der Waals surface area (Å²) in [7, 11) is 0. The lowest BCUT2D eigenvalue weighted by atomic mass is 9.86. The van der Waals surface area contributed by atoms with E-state index in [9.17, 15) is 0 Å². The lowest BCUT2D eigenvalue weighted by Crippen LogP contribution is -2.27. The highest BCUT2D eigenvalue weighted by Crippen LogP contribution is 2.33. The first-order chi connectivity index (χ1) is 8.40. The number of hydrogen-bond donors (Lipinski definition) is 1. The van der Waals surface area contributed by atoms with E-state index in [2.05, 4.69) is 29.1 Å². The van der Waals surface area contributed by atoms with E-state index in [1.54, 1.807) is 0 Å². The summed E-state index contributed by atoms with van der Waals surface area (Å²) in [6.45, 7) is 4.55. The Morgan fingerprint density at radius 3 is 2.88 bits per heavy atom. The van der Waals surface area contributed by atoms with Crippen LogP contribution in [-0.2, 0) is 6.42 Å². The van der Waals surface area contributed by atoms with Crippen molar-refractivity contribution < 1.29 is 0 Å². The quantitative estimate of drug-likeness (QED) is 0.769. The van der Waals surface area contributed by atoms with Crippen molar-refractivity contribution in [3.8, 4) is 0 Å². The van der Waals surface area contributed by atoms with E-state index >= 15 is 0 Å². The van der Waals surface area contributed by atoms with E-state index in [0.717, 1.165) is 18.4 Å². The molecule has 0 aliphatic heterocycles. The van der Waals surface area contributed by atoms with Crippen molar-refractivity contribution in [2.75, 3.05) is 13.1 Å². The van der Waals surface area contributed by atoms with Gasteiger partial charge in [-0.3, -0.25) is 0 Å². The zero-order valence-corrected chi connectivity index (χ0v) is 11.8. The lowest BCUT2D eigenvalue weighted by Gasteiger charge is -2.23. The molecule has 0 bridgehead atoms. The van der Waals surface area contributed by atoms with Crippen LogP contribution >= 0.6 is 11.3 Å². The second-order valence-electron chi connectivity index (χ2n) is 5.28. The first-order valence-electron chi connectivity index (χ1n) is 7.12. The van der Waals surface area contributed by atoms with E-state index in [1.165, 1.54) is 50.6 Å². The summed E-state index contributed by atoms with van der Waals surface area (Å²) >= 11 is 1.83. The Kier molecular flexibility index (Phi) is 5.53. The molecule has 0 amide bonds. The average Bonchev–Trinajstić information content (AvgIpc) is 3.01. The molecule has 17 heavy (non-hydrogen) atoms. The van der Waals surface area contributed by atoms with Gasteiger partial charge in [0.2, 0.25) is 0 Å². The molecule has 1 unspecified atom stereocenters. The third-order valence-corrected chi connectivity index (χ3v) is 4.84. The molecule has 2 rings (SSSR count). The van der Waals surface area contributed by atoms with Gasteiger partial charge in [0.05, 0.1) is 0 Å². The number of rotatable bonds is 7. The molecule has 1 aromatic heterocycles. The molecule has 0 aromatic carbocycles. The monoisotopic (exact) mass is 251 g/mol. The molecule has 1 saturated carbocycles. The van der Waals surface area contributed by atoms with E-state index in [4.69, 9.17) is 0 Å². The van der Waals surface area contributed by atoms with Gasteiger partial charge in [0.1, 0.15) is 0 Å². The van der Waals surface area contributed by atoms with Crippen LogP contribution in [0, 0.1) is 11.8 Å². The summed E-state index contributed by atoms with van der Waals surface area (Å²) in [6.07, 6.45) is 8.52. The van der Waals surface area contributed by atoms with Crippen LogP contribution in [-0.4, -0.2) is 13.1 Å². The van der Waals surface area contributed by atoms with Crippen LogP contribution in [0.2, 0.25) is 0 Å². The standard InChI is InChI=1S/C15H25NS/c1-2-16-11-15(14-5-3-4-6-14)8-7-13-9-10-17-12-13/h9-10,12,14-16H,2-8,11H2,1H3. The van der Waals surface area contributed by atoms with Crippen molar-refractivity contribution in [1.29, 1.82) is 0 Å². The summed E-state index contributed by atoms with van der Waals surface area (Å²) in [4.78, 5) is 0. The fourth-order valence-electron chi connectivity index (χ4n) is 3.05. The molecule has 1 aliphatic rings. The van der Waals surface area contributed by atoms with Crippen molar-refractivity contribution in [3.63, 3.8) is 0 Å². The van der Waals surface area contributed by atoms with Gasteiger partial charge in [-0.1, -0.05) is 32.6 Å². The third kappa shape index (κ3) is 4.11. The summed E-state index contributed by atoms with van der Waals surface area (Å²) in [5.74, 6) is 1.89. The van der Waals surface area contributed by atoms with Gasteiger partial charge in [0.25, 0.3) is 0 Å². The maximum atomic E-state index is 3.56. The molecular weight excluding hydrogens is 226 g/mol. The minimum atomic E-state index is 0.900. The molecular formula is C15H25NS. The SMILES string of the molecule is CCNCC(CCc1ccsc1)C1CCCC1. The van der Waals surface area contributed by atoms with Crippen LogP contribution in [0.25, 0.3) is 0 Å². The van der Waals surface area contributed by atoms with Gasteiger partial charge in [-0.05, 0) is 60.2 Å². The van der Waals surface area contributed by atoms with Gasteiger partial charge in [0, 0.05) is 0 Å². The molecule has 1 aromatic rings. The van der Waals surface area contributed by atoms with Gasteiger partial charge < -0.3 is 5.32 Å². The first kappa shape index (κ1) is 13.1. The molecule has 1 fully saturated rings. The van der Waals surface area contributed by atoms with E-state index in [0.29, 0.717) is 0 Å². The molecule has 1 aliphatic carbocycles. The maximum Gasteiger partial charge on any atom is -0.00179 e. The smallest absolute Gasteiger partial charge is 0.00179 e. The summed E-state index contributed by atoms with van der Waals surface area (Å²) < 4.78 is 0. The van der Waals surface area contributed by atoms with Gasteiger partial charge in [-0.15, -0.1) is 0 Å². The fourth-order valence-corrected chi connectivity index (χ4v) is 3.75. The summed E-state index contributed by atoms with van der Waals surface area (Å²) in [5, 5.41) is 8.06. The van der Waals surface area contributed by atoms with Crippen molar-refractivity contribution in [2.45, 2.75) is 45.4 Å². The molecule has 0 radical (unpaired) electrons. The Balaban J connectivity index is 1.81. The number of aryl methyl sites for hydroxylation is 1. The molecule has 96 valence electrons. The van der Waals surface area contributed by atoms with Crippen molar-refractivity contribution in [2.24, 2.45) is 11.8 Å². The van der Waals surface area contributed by atoms with Crippen LogP contribution in [0.5, 0.6) is 0 Å². The minimum Gasteiger partial charge on any atom is -0.317 e. The van der Waals surface area contributed by atoms with Gasteiger partial charge in [0.15, 0.2) is 0 Å². The van der Waals surface area contributed by atoms with Gasteiger partial charge in [-0.2, -0.15) is 11.3 Å². The second kappa shape index (κ2) is 7.17. The third-order valence-electron chi connectivity index (χ3n) is 4.11. The fraction of sp³-hybridized carbons (Fsp3) is 0.733. The molecule has 1 heterocycles. The molecule has 1 N–H and O–H groups in total. The second-order valence-corrected chi connectivity index (χ2v) is 6.06. The lowest BCUT2D eigenvalue weighted by molar-refractivity contribution is 0.307.